The molecular formula is C12H13N3OS. The Morgan fingerprint density at radius 2 is 2.12 bits per heavy atom. The minimum atomic E-state index is -0.0568. The van der Waals surface area contributed by atoms with Crippen LogP contribution in [-0.4, -0.2) is 10.9 Å². The first-order valence-corrected chi connectivity index (χ1v) is 6.12. The van der Waals surface area contributed by atoms with Gasteiger partial charge in [0.25, 0.3) is 0 Å². The smallest absolute Gasteiger partial charge is 0.221 e. The van der Waals surface area contributed by atoms with Crippen LogP contribution < -0.4 is 10.6 Å². The number of benzene rings is 1. The molecule has 0 saturated heterocycles. The van der Waals surface area contributed by atoms with Crippen LogP contribution in [0.4, 0.5) is 10.8 Å². The molecule has 0 saturated carbocycles. The standard InChI is InChI=1S/C12H13N3OS/c1-9(16)15-11-4-2-10(3-5-11)8-14-12-13-6-7-17-12/h2-7H,8H2,1H3,(H,13,14)(H,15,16). The zero-order valence-electron chi connectivity index (χ0n) is 9.43. The molecule has 1 heterocycles. The molecule has 4 nitrogen and oxygen atoms in total. The van der Waals surface area contributed by atoms with Gasteiger partial charge in [-0.15, -0.1) is 11.3 Å². The largest absolute Gasteiger partial charge is 0.357 e. The highest BCUT2D eigenvalue weighted by molar-refractivity contribution is 7.13. The number of nitrogens with zero attached hydrogens (tertiary/aromatic N) is 1. The Bertz CT molecular complexity index is 479. The lowest BCUT2D eigenvalue weighted by Gasteiger charge is -2.05. The average molecular weight is 247 g/mol. The van der Waals surface area contributed by atoms with Crippen LogP contribution in [0.5, 0.6) is 0 Å². The summed E-state index contributed by atoms with van der Waals surface area (Å²) in [6.07, 6.45) is 1.77. The van der Waals surface area contributed by atoms with E-state index in [1.165, 1.54) is 6.92 Å². The minimum absolute atomic E-state index is 0.0568. The van der Waals surface area contributed by atoms with Crippen molar-refractivity contribution in [1.29, 1.82) is 0 Å². The third-order valence-electron chi connectivity index (χ3n) is 2.15. The van der Waals surface area contributed by atoms with Gasteiger partial charge in [-0.2, -0.15) is 0 Å². The summed E-state index contributed by atoms with van der Waals surface area (Å²) in [6, 6.07) is 7.73. The highest BCUT2D eigenvalue weighted by Gasteiger charge is 1.98. The quantitative estimate of drug-likeness (QED) is 0.873. The number of nitrogens with one attached hydrogen (secondary N) is 2. The highest BCUT2D eigenvalue weighted by Crippen LogP contribution is 2.14. The van der Waals surface area contributed by atoms with Crippen molar-refractivity contribution in [3.63, 3.8) is 0 Å². The molecule has 2 N–H and O–H groups in total. The Hall–Kier alpha value is -1.88. The maximum atomic E-state index is 10.8. The van der Waals surface area contributed by atoms with Crippen molar-refractivity contribution in [2.24, 2.45) is 0 Å². The van der Waals surface area contributed by atoms with Gasteiger partial charge in [-0.05, 0) is 17.7 Å². The van der Waals surface area contributed by atoms with Crippen LogP contribution in [0.3, 0.4) is 0 Å². The molecule has 0 atom stereocenters. The Morgan fingerprint density at radius 1 is 1.35 bits per heavy atom. The molecule has 0 bridgehead atoms. The van der Waals surface area contributed by atoms with E-state index in [0.717, 1.165) is 22.9 Å². The molecule has 1 aromatic heterocycles. The maximum absolute atomic E-state index is 10.8. The van der Waals surface area contributed by atoms with Gasteiger partial charge in [0.2, 0.25) is 5.91 Å². The minimum Gasteiger partial charge on any atom is -0.357 e. The van der Waals surface area contributed by atoms with E-state index >= 15 is 0 Å². The lowest BCUT2D eigenvalue weighted by atomic mass is 10.2. The first kappa shape index (κ1) is 11.6. The maximum Gasteiger partial charge on any atom is 0.221 e. The van der Waals surface area contributed by atoms with Gasteiger partial charge in [0.15, 0.2) is 5.13 Å². The number of amides is 1. The topological polar surface area (TPSA) is 54.0 Å². The van der Waals surface area contributed by atoms with Crippen molar-refractivity contribution in [2.75, 3.05) is 10.6 Å². The van der Waals surface area contributed by atoms with Gasteiger partial charge in [0, 0.05) is 30.7 Å². The fourth-order valence-corrected chi connectivity index (χ4v) is 1.93. The molecule has 0 spiro atoms. The average Bonchev–Trinajstić information content (AvgIpc) is 2.80. The predicted molar refractivity (Wildman–Crippen MR) is 70.2 cm³/mol. The summed E-state index contributed by atoms with van der Waals surface area (Å²) in [5.41, 5.74) is 1.96. The molecule has 1 aromatic carbocycles. The highest BCUT2D eigenvalue weighted by atomic mass is 32.1. The van der Waals surface area contributed by atoms with E-state index in [1.807, 2.05) is 29.6 Å². The molecule has 0 aliphatic carbocycles. The van der Waals surface area contributed by atoms with Crippen LogP contribution >= 0.6 is 11.3 Å². The first-order chi connectivity index (χ1) is 8.24. The molecule has 0 aliphatic heterocycles. The van der Waals surface area contributed by atoms with E-state index in [9.17, 15) is 4.79 Å². The number of aromatic nitrogens is 1. The van der Waals surface area contributed by atoms with Crippen LogP contribution in [-0.2, 0) is 11.3 Å². The second-order valence-corrected chi connectivity index (χ2v) is 4.46. The van der Waals surface area contributed by atoms with Crippen LogP contribution in [0.1, 0.15) is 12.5 Å². The van der Waals surface area contributed by atoms with E-state index < -0.39 is 0 Å². The van der Waals surface area contributed by atoms with Gasteiger partial charge in [-0.3, -0.25) is 4.79 Å². The second kappa shape index (κ2) is 5.45. The van der Waals surface area contributed by atoms with E-state index in [1.54, 1.807) is 17.5 Å². The van der Waals surface area contributed by atoms with Crippen LogP contribution in [0.15, 0.2) is 35.8 Å². The summed E-state index contributed by atoms with van der Waals surface area (Å²) in [6.45, 7) is 2.23. The zero-order valence-corrected chi connectivity index (χ0v) is 10.3. The molecule has 88 valence electrons. The van der Waals surface area contributed by atoms with E-state index in [4.69, 9.17) is 0 Å². The van der Waals surface area contributed by atoms with Crippen LogP contribution in [0, 0.1) is 0 Å². The number of hydrogen-bond acceptors (Lipinski definition) is 4. The summed E-state index contributed by atoms with van der Waals surface area (Å²) in [4.78, 5) is 15.0. The third kappa shape index (κ3) is 3.57. The molecular weight excluding hydrogens is 234 g/mol. The van der Waals surface area contributed by atoms with Crippen molar-refractivity contribution in [3.8, 4) is 0 Å². The molecule has 2 aromatic rings. The van der Waals surface area contributed by atoms with Gasteiger partial charge >= 0.3 is 0 Å². The van der Waals surface area contributed by atoms with Crippen molar-refractivity contribution in [3.05, 3.63) is 41.4 Å². The molecule has 0 aliphatic rings. The van der Waals surface area contributed by atoms with Crippen LogP contribution in [0.25, 0.3) is 0 Å². The van der Waals surface area contributed by atoms with Crippen molar-refractivity contribution in [1.82, 2.24) is 4.98 Å². The number of carbonyl (C=O) groups is 1. The van der Waals surface area contributed by atoms with Gasteiger partial charge in [-0.25, -0.2) is 4.98 Å². The van der Waals surface area contributed by atoms with E-state index in [0.29, 0.717) is 0 Å². The fraction of sp³-hybridized carbons (Fsp3) is 0.167. The Morgan fingerprint density at radius 3 is 2.71 bits per heavy atom. The summed E-state index contributed by atoms with van der Waals surface area (Å²) < 4.78 is 0. The van der Waals surface area contributed by atoms with E-state index in [-0.39, 0.29) is 5.91 Å². The number of anilines is 2. The summed E-state index contributed by atoms with van der Waals surface area (Å²) in [5, 5.41) is 8.80. The van der Waals surface area contributed by atoms with Crippen molar-refractivity contribution in [2.45, 2.75) is 13.5 Å². The number of rotatable bonds is 4. The Labute approximate surface area is 104 Å². The van der Waals surface area contributed by atoms with Crippen LogP contribution in [0.2, 0.25) is 0 Å². The third-order valence-corrected chi connectivity index (χ3v) is 2.88. The number of carbonyl (C=O) groups excluding carboxylic acids is 1. The molecule has 2 rings (SSSR count). The lowest BCUT2D eigenvalue weighted by molar-refractivity contribution is -0.114. The lowest BCUT2D eigenvalue weighted by Crippen LogP contribution is -2.05. The number of hydrogen-bond donors (Lipinski definition) is 2. The first-order valence-electron chi connectivity index (χ1n) is 5.24. The van der Waals surface area contributed by atoms with Gasteiger partial charge in [-0.1, -0.05) is 12.1 Å². The molecule has 0 unspecified atom stereocenters. The molecule has 0 radical (unpaired) electrons. The molecule has 0 fully saturated rings. The second-order valence-electron chi connectivity index (χ2n) is 3.57. The summed E-state index contributed by atoms with van der Waals surface area (Å²) >= 11 is 1.57. The predicted octanol–water partition coefficient (Wildman–Crippen LogP) is 2.71. The van der Waals surface area contributed by atoms with Crippen molar-refractivity contribution < 1.29 is 4.79 Å². The molecule has 17 heavy (non-hydrogen) atoms. The van der Waals surface area contributed by atoms with Crippen molar-refractivity contribution >= 4 is 28.1 Å². The molecule has 5 heteroatoms. The Balaban J connectivity index is 1.91. The zero-order chi connectivity index (χ0) is 12.1. The monoisotopic (exact) mass is 247 g/mol. The SMILES string of the molecule is CC(=O)Nc1ccc(CNc2nccs2)cc1. The van der Waals surface area contributed by atoms with E-state index in [2.05, 4.69) is 15.6 Å². The number of thiazole rings is 1. The Kier molecular flexibility index (Phi) is 3.72. The normalized spacial score (nSPS) is 9.94. The summed E-state index contributed by atoms with van der Waals surface area (Å²) in [7, 11) is 0. The molecule has 1 amide bonds. The summed E-state index contributed by atoms with van der Waals surface area (Å²) in [5.74, 6) is -0.0568. The van der Waals surface area contributed by atoms with Gasteiger partial charge < -0.3 is 10.6 Å². The fourth-order valence-electron chi connectivity index (χ4n) is 1.40. The van der Waals surface area contributed by atoms with Gasteiger partial charge in [0.1, 0.15) is 0 Å². The van der Waals surface area contributed by atoms with Gasteiger partial charge in [0.05, 0.1) is 0 Å².